The van der Waals surface area contributed by atoms with Gasteiger partial charge in [-0.15, -0.1) is 0 Å². The van der Waals surface area contributed by atoms with E-state index in [0.717, 1.165) is 12.2 Å². The van der Waals surface area contributed by atoms with E-state index in [1.807, 2.05) is 0 Å². The summed E-state index contributed by atoms with van der Waals surface area (Å²) in [6, 6.07) is 7.61. The fourth-order valence-electron chi connectivity index (χ4n) is 3.60. The number of hydrogen-bond donors (Lipinski definition) is 6. The van der Waals surface area contributed by atoms with Crippen molar-refractivity contribution in [1.82, 2.24) is 0 Å². The van der Waals surface area contributed by atoms with Crippen molar-refractivity contribution in [3.63, 3.8) is 0 Å². The second-order valence-electron chi connectivity index (χ2n) is 8.17. The van der Waals surface area contributed by atoms with E-state index in [9.17, 15) is 45.0 Å². The molecule has 0 spiro atoms. The van der Waals surface area contributed by atoms with Gasteiger partial charge in [0.25, 0.3) is 6.47 Å². The van der Waals surface area contributed by atoms with Crippen molar-refractivity contribution >= 4 is 30.6 Å². The lowest BCUT2D eigenvalue weighted by Gasteiger charge is -2.41. The first-order valence-electron chi connectivity index (χ1n) is 10.8. The van der Waals surface area contributed by atoms with Crippen LogP contribution in [-0.2, 0) is 28.6 Å². The van der Waals surface area contributed by atoms with Gasteiger partial charge in [-0.1, -0.05) is 12.1 Å². The Morgan fingerprint density at radius 1 is 0.784 bits per heavy atom. The third kappa shape index (κ3) is 7.22. The average molecular weight is 516 g/mol. The molecule has 1 fully saturated rings. The summed E-state index contributed by atoms with van der Waals surface area (Å²) in [4.78, 5) is 35.5. The Morgan fingerprint density at radius 2 is 1.22 bits per heavy atom. The zero-order valence-corrected chi connectivity index (χ0v) is 19.1. The maximum absolute atomic E-state index is 12.3. The van der Waals surface area contributed by atoms with Crippen LogP contribution < -0.4 is 0 Å². The fraction of sp³-hybridized carbons (Fsp3) is 0.240. The second kappa shape index (κ2) is 11.5. The molecular weight excluding hydrogens is 492 g/mol. The largest absolute Gasteiger partial charge is 0.504 e. The van der Waals surface area contributed by atoms with Gasteiger partial charge in [-0.2, -0.15) is 0 Å². The van der Waals surface area contributed by atoms with Gasteiger partial charge >= 0.3 is 11.9 Å². The van der Waals surface area contributed by atoms with E-state index in [-0.39, 0.29) is 18.0 Å². The first-order chi connectivity index (χ1) is 17.5. The van der Waals surface area contributed by atoms with E-state index in [1.54, 1.807) is 0 Å². The van der Waals surface area contributed by atoms with Crippen LogP contribution in [0, 0.1) is 0 Å². The van der Waals surface area contributed by atoms with Gasteiger partial charge < -0.3 is 44.8 Å². The fourth-order valence-corrected chi connectivity index (χ4v) is 3.60. The first-order valence-corrected chi connectivity index (χ1v) is 10.8. The predicted octanol–water partition coefficient (Wildman–Crippen LogP) is 1.08. The summed E-state index contributed by atoms with van der Waals surface area (Å²) in [6.45, 7) is -0.0378. The number of carbonyl (C=O) groups is 3. The standard InChI is InChI=1S/C25H24O12/c26-13-35-25(34)11-20(36-22(31)7-3-14-1-5-16(27)18(29)9-14)24(33)21(12-25)37-23(32)8-4-15-2-6-17(28)19(30)10-15/h1-10,13,20-21,24,27-30,33-34H,11-12H2/b7-3+,8-4+. The molecular formula is C25H24O12. The van der Waals surface area contributed by atoms with Crippen LogP contribution in [0.2, 0.25) is 0 Å². The molecule has 0 bridgehead atoms. The van der Waals surface area contributed by atoms with E-state index in [0.29, 0.717) is 11.1 Å². The lowest BCUT2D eigenvalue weighted by Crippen LogP contribution is -2.56. The van der Waals surface area contributed by atoms with Gasteiger partial charge in [-0.3, -0.25) is 4.79 Å². The van der Waals surface area contributed by atoms with Crippen molar-refractivity contribution in [2.75, 3.05) is 0 Å². The van der Waals surface area contributed by atoms with Gasteiger partial charge in [0.15, 0.2) is 23.0 Å². The summed E-state index contributed by atoms with van der Waals surface area (Å²) in [6.07, 6.45) is -1.07. The smallest absolute Gasteiger partial charge is 0.331 e. The zero-order valence-electron chi connectivity index (χ0n) is 19.1. The molecule has 0 radical (unpaired) electrons. The molecule has 37 heavy (non-hydrogen) atoms. The van der Waals surface area contributed by atoms with Crippen molar-refractivity contribution in [2.45, 2.75) is 36.9 Å². The summed E-state index contributed by atoms with van der Waals surface area (Å²) in [5, 5.41) is 59.0. The third-order valence-corrected chi connectivity index (χ3v) is 5.43. The molecule has 1 aliphatic rings. The summed E-state index contributed by atoms with van der Waals surface area (Å²) in [7, 11) is 0. The number of hydrogen-bond acceptors (Lipinski definition) is 12. The van der Waals surface area contributed by atoms with Gasteiger partial charge in [0.1, 0.15) is 18.3 Å². The summed E-state index contributed by atoms with van der Waals surface area (Å²) < 4.78 is 15.1. The molecule has 12 heteroatoms. The van der Waals surface area contributed by atoms with Gasteiger partial charge in [0.05, 0.1) is 12.8 Å². The lowest BCUT2D eigenvalue weighted by atomic mass is 9.86. The minimum Gasteiger partial charge on any atom is -0.504 e. The highest BCUT2D eigenvalue weighted by Crippen LogP contribution is 2.34. The van der Waals surface area contributed by atoms with Crippen LogP contribution in [0.1, 0.15) is 24.0 Å². The average Bonchev–Trinajstić information content (AvgIpc) is 2.83. The maximum atomic E-state index is 12.3. The van der Waals surface area contributed by atoms with Gasteiger partial charge in [0, 0.05) is 12.2 Å². The molecule has 0 amide bonds. The molecule has 0 saturated heterocycles. The highest BCUT2D eigenvalue weighted by molar-refractivity contribution is 5.88. The number of aliphatic hydroxyl groups excluding tert-OH is 1. The predicted molar refractivity (Wildman–Crippen MR) is 125 cm³/mol. The number of benzene rings is 2. The Balaban J connectivity index is 1.69. The maximum Gasteiger partial charge on any atom is 0.331 e. The molecule has 12 nitrogen and oxygen atoms in total. The molecule has 196 valence electrons. The van der Waals surface area contributed by atoms with Crippen molar-refractivity contribution in [1.29, 1.82) is 0 Å². The van der Waals surface area contributed by atoms with Crippen molar-refractivity contribution in [3.8, 4) is 23.0 Å². The molecule has 2 aromatic rings. The Morgan fingerprint density at radius 3 is 1.59 bits per heavy atom. The minimum absolute atomic E-state index is 0.0378. The normalized spacial score (nSPS) is 23.6. The van der Waals surface area contributed by atoms with Crippen LogP contribution in [0.25, 0.3) is 12.2 Å². The Hall–Kier alpha value is -4.55. The number of rotatable bonds is 8. The molecule has 0 aliphatic heterocycles. The van der Waals surface area contributed by atoms with Gasteiger partial charge in [0.2, 0.25) is 5.79 Å². The van der Waals surface area contributed by atoms with Crippen molar-refractivity contribution in [2.24, 2.45) is 0 Å². The van der Waals surface area contributed by atoms with Crippen LogP contribution in [0.5, 0.6) is 23.0 Å². The minimum atomic E-state index is -2.21. The van der Waals surface area contributed by atoms with Crippen LogP contribution in [0.15, 0.2) is 48.6 Å². The topological polar surface area (TPSA) is 200 Å². The van der Waals surface area contributed by atoms with Crippen LogP contribution >= 0.6 is 0 Å². The number of aliphatic hydroxyl groups is 2. The van der Waals surface area contributed by atoms with Crippen LogP contribution in [-0.4, -0.2) is 73.1 Å². The van der Waals surface area contributed by atoms with E-state index >= 15 is 0 Å². The third-order valence-electron chi connectivity index (χ3n) is 5.43. The van der Waals surface area contributed by atoms with E-state index in [2.05, 4.69) is 0 Å². The van der Waals surface area contributed by atoms with E-state index < -0.39 is 60.4 Å². The lowest BCUT2D eigenvalue weighted by molar-refractivity contribution is -0.257. The van der Waals surface area contributed by atoms with Gasteiger partial charge in [-0.05, 0) is 47.5 Å². The molecule has 0 heterocycles. The molecule has 0 aromatic heterocycles. The summed E-state index contributed by atoms with van der Waals surface area (Å²) >= 11 is 0. The SMILES string of the molecule is O=COC1(O)CC(OC(=O)/C=C/c2ccc(O)c(O)c2)C(O)C(OC(=O)/C=C/c2ccc(O)c(O)c2)C1. The van der Waals surface area contributed by atoms with Crippen LogP contribution in [0.4, 0.5) is 0 Å². The molecule has 1 aliphatic carbocycles. The monoisotopic (exact) mass is 516 g/mol. The highest BCUT2D eigenvalue weighted by Gasteiger charge is 2.49. The van der Waals surface area contributed by atoms with Crippen LogP contribution in [0.3, 0.4) is 0 Å². The molecule has 2 aromatic carbocycles. The number of esters is 2. The quantitative estimate of drug-likeness (QED) is 0.0729. The second-order valence-corrected chi connectivity index (χ2v) is 8.17. The Bertz CT molecular complexity index is 1130. The van der Waals surface area contributed by atoms with E-state index in [4.69, 9.17) is 14.2 Å². The summed E-state index contributed by atoms with van der Waals surface area (Å²) in [5.74, 6) is -5.67. The molecule has 3 rings (SSSR count). The van der Waals surface area contributed by atoms with Crippen molar-refractivity contribution < 1.29 is 59.2 Å². The number of aromatic hydroxyl groups is 4. The number of ether oxygens (including phenoxy) is 3. The number of phenols is 4. The number of carbonyl (C=O) groups excluding carboxylic acids is 3. The number of phenolic OH excluding ortho intramolecular Hbond substituents is 4. The highest BCUT2D eigenvalue weighted by atomic mass is 16.7. The summed E-state index contributed by atoms with van der Waals surface area (Å²) in [5.41, 5.74) is 0.690. The Kier molecular flexibility index (Phi) is 8.37. The van der Waals surface area contributed by atoms with Gasteiger partial charge in [-0.25, -0.2) is 9.59 Å². The Labute approximate surface area is 209 Å². The van der Waals surface area contributed by atoms with E-state index in [1.165, 1.54) is 48.6 Å². The first kappa shape index (κ1) is 27.0. The molecule has 6 N–H and O–H groups in total. The molecule has 1 saturated carbocycles. The van der Waals surface area contributed by atoms with Crippen molar-refractivity contribution in [3.05, 3.63) is 59.7 Å². The molecule has 2 unspecified atom stereocenters. The molecule has 2 atom stereocenters. The zero-order chi connectivity index (χ0) is 27.2.